The molecule has 1 aromatic heterocycles. The van der Waals surface area contributed by atoms with Gasteiger partial charge in [0.1, 0.15) is 0 Å². The van der Waals surface area contributed by atoms with E-state index in [1.807, 2.05) is 43.3 Å². The van der Waals surface area contributed by atoms with E-state index in [4.69, 9.17) is 11.6 Å². The summed E-state index contributed by atoms with van der Waals surface area (Å²) in [5.74, 6) is -0.131. The summed E-state index contributed by atoms with van der Waals surface area (Å²) in [5, 5.41) is 5.50. The van der Waals surface area contributed by atoms with Crippen LogP contribution in [0.4, 0.5) is 11.4 Å². The molecule has 0 saturated carbocycles. The number of aromatic nitrogens is 1. The number of benzene rings is 3. The van der Waals surface area contributed by atoms with E-state index in [-0.39, 0.29) is 11.7 Å². The van der Waals surface area contributed by atoms with Crippen LogP contribution in [0.15, 0.2) is 72.9 Å². The number of hydrogen-bond donors (Lipinski definition) is 1. The summed E-state index contributed by atoms with van der Waals surface area (Å²) in [6.45, 7) is 2.27. The van der Waals surface area contributed by atoms with Crippen molar-refractivity contribution < 1.29 is 13.2 Å². The molecule has 8 heteroatoms. The topological polar surface area (TPSA) is 79.4 Å². The zero-order valence-electron chi connectivity index (χ0n) is 19.2. The zero-order chi connectivity index (χ0) is 24.6. The van der Waals surface area contributed by atoms with Crippen LogP contribution in [0.3, 0.4) is 0 Å². The largest absolute Gasteiger partial charge is 0.322 e. The molecule has 1 saturated heterocycles. The molecule has 2 heterocycles. The molecule has 178 valence electrons. The van der Waals surface area contributed by atoms with Crippen LogP contribution in [0.2, 0.25) is 5.02 Å². The summed E-state index contributed by atoms with van der Waals surface area (Å²) in [4.78, 5) is 17.6. The van der Waals surface area contributed by atoms with Gasteiger partial charge in [0.2, 0.25) is 10.0 Å². The first-order valence-corrected chi connectivity index (χ1v) is 13.4. The van der Waals surface area contributed by atoms with Crippen molar-refractivity contribution in [2.24, 2.45) is 0 Å². The first kappa shape index (κ1) is 23.3. The lowest BCUT2D eigenvalue weighted by Crippen LogP contribution is -2.37. The third-order valence-corrected chi connectivity index (χ3v) is 8.44. The molecule has 0 spiro atoms. The number of carbonyl (C=O) groups is 1. The summed E-state index contributed by atoms with van der Waals surface area (Å²) in [7, 11) is -3.31. The van der Waals surface area contributed by atoms with E-state index in [1.165, 1.54) is 4.31 Å². The molecule has 1 N–H and O–H groups in total. The molecule has 4 aromatic rings. The van der Waals surface area contributed by atoms with Crippen molar-refractivity contribution in [3.8, 4) is 11.3 Å². The Labute approximate surface area is 209 Å². The van der Waals surface area contributed by atoms with E-state index >= 15 is 0 Å². The fourth-order valence-electron chi connectivity index (χ4n) is 4.45. The quantitative estimate of drug-likeness (QED) is 0.366. The number of rotatable bonds is 4. The number of nitrogens with zero attached hydrogens (tertiary/aromatic N) is 2. The lowest BCUT2D eigenvalue weighted by Gasteiger charge is -2.28. The predicted molar refractivity (Wildman–Crippen MR) is 142 cm³/mol. The second kappa shape index (κ2) is 9.32. The van der Waals surface area contributed by atoms with Crippen LogP contribution in [0.1, 0.15) is 28.8 Å². The summed E-state index contributed by atoms with van der Waals surface area (Å²) >= 11 is 6.52. The normalized spacial score (nSPS) is 15.2. The maximum Gasteiger partial charge on any atom is 0.255 e. The molecule has 1 aliphatic rings. The van der Waals surface area contributed by atoms with E-state index in [0.717, 1.165) is 28.5 Å². The van der Waals surface area contributed by atoms with Crippen molar-refractivity contribution in [1.29, 1.82) is 0 Å². The molecule has 3 aromatic carbocycles. The van der Waals surface area contributed by atoms with Crippen molar-refractivity contribution >= 4 is 49.7 Å². The first-order valence-electron chi connectivity index (χ1n) is 11.4. The van der Waals surface area contributed by atoms with Gasteiger partial charge in [0.25, 0.3) is 5.91 Å². The maximum atomic E-state index is 13.1. The molecule has 5 rings (SSSR count). The van der Waals surface area contributed by atoms with Gasteiger partial charge in [-0.25, -0.2) is 8.42 Å². The minimum Gasteiger partial charge on any atom is -0.322 e. The van der Waals surface area contributed by atoms with Crippen LogP contribution in [0.5, 0.6) is 0 Å². The summed E-state index contributed by atoms with van der Waals surface area (Å²) < 4.78 is 26.3. The van der Waals surface area contributed by atoms with E-state index in [1.54, 1.807) is 36.5 Å². The average Bonchev–Trinajstić information content (AvgIpc) is 2.84. The Hall–Kier alpha value is -3.42. The van der Waals surface area contributed by atoms with Gasteiger partial charge in [-0.15, -0.1) is 0 Å². The number of carbonyl (C=O) groups excluding carboxylic acids is 1. The van der Waals surface area contributed by atoms with Crippen molar-refractivity contribution in [2.45, 2.75) is 19.8 Å². The molecule has 0 atom stereocenters. The second-order valence-corrected chi connectivity index (χ2v) is 11.0. The van der Waals surface area contributed by atoms with Crippen LogP contribution >= 0.6 is 11.6 Å². The highest BCUT2D eigenvalue weighted by molar-refractivity contribution is 7.92. The number of pyridine rings is 1. The van der Waals surface area contributed by atoms with Crippen LogP contribution in [-0.4, -0.2) is 31.6 Å². The number of hydrogen-bond acceptors (Lipinski definition) is 4. The standard InChI is InChI=1S/C27H24ClN3O3S/c1-18-16-21(31-14-4-5-15-35(31,33)34)9-10-22(18)27(32)30-20-8-11-25(28)24(17-20)26-23-7-3-2-6-19(23)12-13-29-26/h2-3,6-13,16-17H,4-5,14-15H2,1H3,(H,30,32). The average molecular weight is 506 g/mol. The number of fused-ring (bicyclic) bond motifs is 1. The molecule has 1 fully saturated rings. The molecule has 1 aliphatic heterocycles. The highest BCUT2D eigenvalue weighted by Crippen LogP contribution is 2.34. The molecule has 0 bridgehead atoms. The van der Waals surface area contributed by atoms with Gasteiger partial charge < -0.3 is 5.32 Å². The molecule has 35 heavy (non-hydrogen) atoms. The molecule has 1 amide bonds. The summed E-state index contributed by atoms with van der Waals surface area (Å²) in [6, 6.07) is 20.3. The van der Waals surface area contributed by atoms with Gasteiger partial charge in [0, 0.05) is 34.9 Å². The summed E-state index contributed by atoms with van der Waals surface area (Å²) in [5.41, 5.74) is 3.82. The minimum absolute atomic E-state index is 0.152. The fourth-order valence-corrected chi connectivity index (χ4v) is 6.29. The van der Waals surface area contributed by atoms with Gasteiger partial charge in [0.15, 0.2) is 0 Å². The highest BCUT2D eigenvalue weighted by atomic mass is 35.5. The van der Waals surface area contributed by atoms with Crippen molar-refractivity contribution in [1.82, 2.24) is 4.98 Å². The van der Waals surface area contributed by atoms with Gasteiger partial charge in [-0.05, 0) is 73.2 Å². The van der Waals surface area contributed by atoms with Gasteiger partial charge in [0.05, 0.1) is 22.2 Å². The Morgan fingerprint density at radius 3 is 2.66 bits per heavy atom. The predicted octanol–water partition coefficient (Wildman–Crippen LogP) is 6.05. The van der Waals surface area contributed by atoms with E-state index in [2.05, 4.69) is 10.3 Å². The first-order chi connectivity index (χ1) is 16.8. The van der Waals surface area contributed by atoms with Crippen LogP contribution in [-0.2, 0) is 10.0 Å². The Bertz CT molecular complexity index is 1550. The SMILES string of the molecule is Cc1cc(N2CCCCS2(=O)=O)ccc1C(=O)Nc1ccc(Cl)c(-c2nccc3ccccc23)c1. The van der Waals surface area contributed by atoms with Crippen LogP contribution in [0, 0.1) is 6.92 Å². The van der Waals surface area contributed by atoms with E-state index < -0.39 is 10.0 Å². The Morgan fingerprint density at radius 1 is 1.03 bits per heavy atom. The van der Waals surface area contributed by atoms with E-state index in [0.29, 0.717) is 40.5 Å². The van der Waals surface area contributed by atoms with Crippen molar-refractivity contribution in [2.75, 3.05) is 21.9 Å². The molecule has 0 radical (unpaired) electrons. The van der Waals surface area contributed by atoms with Gasteiger partial charge in [-0.3, -0.25) is 14.1 Å². The maximum absolute atomic E-state index is 13.1. The molecular weight excluding hydrogens is 482 g/mol. The Balaban J connectivity index is 1.43. The number of nitrogens with one attached hydrogen (secondary N) is 1. The third-order valence-electron chi connectivity index (χ3n) is 6.24. The molecule has 6 nitrogen and oxygen atoms in total. The third kappa shape index (κ3) is 4.61. The number of aryl methyl sites for hydroxylation is 1. The number of anilines is 2. The second-order valence-electron chi connectivity index (χ2n) is 8.62. The highest BCUT2D eigenvalue weighted by Gasteiger charge is 2.26. The minimum atomic E-state index is -3.31. The fraction of sp³-hybridized carbons (Fsp3) is 0.185. The van der Waals surface area contributed by atoms with E-state index in [9.17, 15) is 13.2 Å². The summed E-state index contributed by atoms with van der Waals surface area (Å²) in [6.07, 6.45) is 3.24. The van der Waals surface area contributed by atoms with Crippen molar-refractivity contribution in [3.05, 3.63) is 89.1 Å². The van der Waals surface area contributed by atoms with Crippen molar-refractivity contribution in [3.63, 3.8) is 0 Å². The number of amides is 1. The monoisotopic (exact) mass is 505 g/mol. The van der Waals surface area contributed by atoms with Gasteiger partial charge >= 0.3 is 0 Å². The lowest BCUT2D eigenvalue weighted by atomic mass is 10.0. The lowest BCUT2D eigenvalue weighted by molar-refractivity contribution is 0.102. The molecule has 0 unspecified atom stereocenters. The van der Waals surface area contributed by atoms with Crippen LogP contribution < -0.4 is 9.62 Å². The molecule has 0 aliphatic carbocycles. The Kier molecular flexibility index (Phi) is 6.21. The molecular formula is C27H24ClN3O3S. The number of sulfonamides is 1. The van der Waals surface area contributed by atoms with Gasteiger partial charge in [-0.1, -0.05) is 35.9 Å². The number of halogens is 1. The van der Waals surface area contributed by atoms with Crippen LogP contribution in [0.25, 0.3) is 22.0 Å². The Morgan fingerprint density at radius 2 is 1.86 bits per heavy atom. The zero-order valence-corrected chi connectivity index (χ0v) is 20.7. The van der Waals surface area contributed by atoms with Gasteiger partial charge in [-0.2, -0.15) is 0 Å². The smallest absolute Gasteiger partial charge is 0.255 e.